The highest BCUT2D eigenvalue weighted by molar-refractivity contribution is 8.19. The van der Waals surface area contributed by atoms with Gasteiger partial charge in [-0.3, -0.25) is 9.59 Å². The Bertz CT molecular complexity index is 1010. The van der Waals surface area contributed by atoms with E-state index in [1.165, 1.54) is 0 Å². The molecule has 1 heterocycles. The fourth-order valence-corrected chi connectivity index (χ4v) is 3.97. The number of rotatable bonds is 7. The van der Waals surface area contributed by atoms with Gasteiger partial charge in [0.25, 0.3) is 11.1 Å². The Morgan fingerprint density at radius 1 is 1.17 bits per heavy atom. The maximum Gasteiger partial charge on any atom is 0.298 e. The summed E-state index contributed by atoms with van der Waals surface area (Å²) in [5, 5.41) is 0.373. The molecule has 1 saturated heterocycles. The van der Waals surface area contributed by atoms with Crippen LogP contribution in [0.5, 0.6) is 11.5 Å². The molecule has 3 rings (SSSR count). The molecule has 0 aliphatic carbocycles. The van der Waals surface area contributed by atoms with Gasteiger partial charge in [-0.15, -0.1) is 0 Å². The highest BCUT2D eigenvalue weighted by atomic mass is 35.5. The van der Waals surface area contributed by atoms with Crippen LogP contribution in [0.2, 0.25) is 10.0 Å². The Balaban J connectivity index is 1.94. The highest BCUT2D eigenvalue weighted by Gasteiger charge is 2.36. The van der Waals surface area contributed by atoms with Crippen molar-refractivity contribution in [2.45, 2.75) is 6.92 Å². The van der Waals surface area contributed by atoms with Gasteiger partial charge in [-0.1, -0.05) is 41.9 Å². The molecular weight excluding hydrogens is 433 g/mol. The van der Waals surface area contributed by atoms with E-state index >= 15 is 0 Å². The molecule has 0 aromatic heterocycles. The Kier molecular flexibility index (Phi) is 6.90. The lowest BCUT2D eigenvalue weighted by Crippen LogP contribution is -2.27. The third-order valence-corrected chi connectivity index (χ3v) is 5.22. The van der Waals surface area contributed by atoms with Crippen molar-refractivity contribution < 1.29 is 19.1 Å². The van der Waals surface area contributed by atoms with E-state index in [1.807, 2.05) is 6.92 Å². The summed E-state index contributed by atoms with van der Waals surface area (Å²) in [7, 11) is 0. The molecule has 150 valence electrons. The number of carbonyl (C=O) groups excluding carboxylic acids is 2. The van der Waals surface area contributed by atoms with Crippen LogP contribution < -0.4 is 14.4 Å². The lowest BCUT2D eigenvalue weighted by atomic mass is 10.1. The molecule has 5 nitrogen and oxygen atoms in total. The molecule has 8 heteroatoms. The highest BCUT2D eigenvalue weighted by Crippen LogP contribution is 2.40. The average Bonchev–Trinajstić information content (AvgIpc) is 2.94. The number of nitrogens with zero attached hydrogens (tertiary/aromatic N) is 1. The summed E-state index contributed by atoms with van der Waals surface area (Å²) < 4.78 is 11.2. The summed E-state index contributed by atoms with van der Waals surface area (Å²) in [5.74, 6) is 0.420. The summed E-state index contributed by atoms with van der Waals surface area (Å²) in [6, 6.07) is 9.93. The Morgan fingerprint density at radius 2 is 1.97 bits per heavy atom. The summed E-state index contributed by atoms with van der Waals surface area (Å²) >= 11 is 13.2. The number of hydrogen-bond donors (Lipinski definition) is 0. The minimum atomic E-state index is -0.427. The van der Waals surface area contributed by atoms with E-state index in [2.05, 4.69) is 6.58 Å². The largest absolute Gasteiger partial charge is 0.490 e. The lowest BCUT2D eigenvalue weighted by Gasteiger charge is -2.14. The summed E-state index contributed by atoms with van der Waals surface area (Å²) in [5.41, 5.74) is 1.03. The van der Waals surface area contributed by atoms with E-state index in [9.17, 15) is 9.59 Å². The fraction of sp³-hybridized carbons (Fsp3) is 0.143. The molecule has 1 fully saturated rings. The SMILES string of the molecule is C=CCOc1c(Cl)cc(/C=C2\SC(=O)N(c3cccc(Cl)c3)C2=O)cc1OCC. The van der Waals surface area contributed by atoms with E-state index in [-0.39, 0.29) is 11.5 Å². The van der Waals surface area contributed by atoms with Gasteiger partial charge in [0.2, 0.25) is 0 Å². The number of carbonyl (C=O) groups is 2. The predicted octanol–water partition coefficient (Wildman–Crippen LogP) is 6.20. The zero-order valence-electron chi connectivity index (χ0n) is 15.5. The van der Waals surface area contributed by atoms with E-state index in [0.29, 0.717) is 39.4 Å². The first-order chi connectivity index (χ1) is 13.9. The van der Waals surface area contributed by atoms with Crippen LogP contribution in [-0.2, 0) is 4.79 Å². The van der Waals surface area contributed by atoms with Gasteiger partial charge in [0.05, 0.1) is 22.2 Å². The zero-order valence-corrected chi connectivity index (χ0v) is 17.8. The first kappa shape index (κ1) is 21.3. The van der Waals surface area contributed by atoms with E-state index < -0.39 is 11.1 Å². The lowest BCUT2D eigenvalue weighted by molar-refractivity contribution is -0.113. The van der Waals surface area contributed by atoms with Crippen molar-refractivity contribution in [3.63, 3.8) is 0 Å². The number of halogens is 2. The summed E-state index contributed by atoms with van der Waals surface area (Å²) in [4.78, 5) is 26.6. The van der Waals surface area contributed by atoms with Crippen LogP contribution in [-0.4, -0.2) is 24.4 Å². The van der Waals surface area contributed by atoms with Crippen LogP contribution in [0.15, 0.2) is 54.0 Å². The molecule has 0 bridgehead atoms. The molecule has 2 amide bonds. The maximum atomic E-state index is 12.8. The van der Waals surface area contributed by atoms with Crippen LogP contribution in [0.1, 0.15) is 12.5 Å². The molecule has 2 aromatic carbocycles. The molecule has 0 unspecified atom stereocenters. The second-order valence-corrected chi connectivity index (χ2v) is 7.70. The molecule has 1 aliphatic rings. The number of amides is 2. The first-order valence-corrected chi connectivity index (χ1v) is 10.3. The normalized spacial score (nSPS) is 15.1. The molecule has 2 aromatic rings. The fourth-order valence-electron chi connectivity index (χ4n) is 2.67. The Labute approximate surface area is 182 Å². The minimum Gasteiger partial charge on any atom is -0.490 e. The van der Waals surface area contributed by atoms with Crippen LogP contribution in [0.25, 0.3) is 6.08 Å². The van der Waals surface area contributed by atoms with E-state index in [4.69, 9.17) is 32.7 Å². The van der Waals surface area contributed by atoms with Gasteiger partial charge in [-0.25, -0.2) is 4.90 Å². The van der Waals surface area contributed by atoms with Crippen molar-refractivity contribution in [1.82, 2.24) is 0 Å². The number of ether oxygens (including phenoxy) is 2. The summed E-state index contributed by atoms with van der Waals surface area (Å²) in [6.45, 7) is 6.15. The number of imide groups is 1. The molecule has 0 spiro atoms. The molecule has 0 N–H and O–H groups in total. The van der Waals surface area contributed by atoms with Gasteiger partial charge >= 0.3 is 0 Å². The van der Waals surface area contributed by atoms with Crippen molar-refractivity contribution in [1.29, 1.82) is 0 Å². The van der Waals surface area contributed by atoms with Gasteiger partial charge in [0, 0.05) is 5.02 Å². The van der Waals surface area contributed by atoms with E-state index in [1.54, 1.807) is 48.6 Å². The smallest absolute Gasteiger partial charge is 0.298 e. The molecule has 29 heavy (non-hydrogen) atoms. The molecule has 0 saturated carbocycles. The van der Waals surface area contributed by atoms with Crippen LogP contribution in [0, 0.1) is 0 Å². The maximum absolute atomic E-state index is 12.8. The standard InChI is InChI=1S/C21H17Cl2NO4S/c1-3-8-28-19-16(23)9-13(10-17(19)27-4-2)11-18-20(25)24(21(26)29-18)15-7-5-6-14(22)12-15/h3,5-7,9-12H,1,4,8H2,2H3/b18-11-. The van der Waals surface area contributed by atoms with Gasteiger partial charge < -0.3 is 9.47 Å². The Hall–Kier alpha value is -2.41. The van der Waals surface area contributed by atoms with Gasteiger partial charge in [0.15, 0.2) is 11.5 Å². The minimum absolute atomic E-state index is 0.272. The second-order valence-electron chi connectivity index (χ2n) is 5.86. The number of benzene rings is 2. The Morgan fingerprint density at radius 3 is 2.66 bits per heavy atom. The predicted molar refractivity (Wildman–Crippen MR) is 118 cm³/mol. The van der Waals surface area contributed by atoms with Gasteiger partial charge in [-0.05, 0) is 60.7 Å². The third kappa shape index (κ3) is 4.78. The third-order valence-electron chi connectivity index (χ3n) is 3.84. The number of hydrogen-bond acceptors (Lipinski definition) is 5. The summed E-state index contributed by atoms with van der Waals surface area (Å²) in [6.07, 6.45) is 3.20. The van der Waals surface area contributed by atoms with Crippen molar-refractivity contribution in [3.05, 3.63) is 69.6 Å². The van der Waals surface area contributed by atoms with Crippen LogP contribution >= 0.6 is 35.0 Å². The van der Waals surface area contributed by atoms with Crippen molar-refractivity contribution in [2.24, 2.45) is 0 Å². The zero-order chi connectivity index (χ0) is 21.0. The number of anilines is 1. The van der Waals surface area contributed by atoms with Crippen LogP contribution in [0.3, 0.4) is 0 Å². The second kappa shape index (κ2) is 9.39. The van der Waals surface area contributed by atoms with E-state index in [0.717, 1.165) is 16.7 Å². The van der Waals surface area contributed by atoms with Crippen molar-refractivity contribution in [3.8, 4) is 11.5 Å². The molecular formula is C21H17Cl2NO4S. The van der Waals surface area contributed by atoms with Crippen LogP contribution in [0.4, 0.5) is 10.5 Å². The van der Waals surface area contributed by atoms with Gasteiger partial charge in [0.1, 0.15) is 6.61 Å². The monoisotopic (exact) mass is 449 g/mol. The molecule has 0 radical (unpaired) electrons. The van der Waals surface area contributed by atoms with Crippen molar-refractivity contribution >= 4 is 57.9 Å². The topological polar surface area (TPSA) is 55.8 Å². The quantitative estimate of drug-likeness (QED) is 0.372. The van der Waals surface area contributed by atoms with Crippen molar-refractivity contribution in [2.75, 3.05) is 18.1 Å². The number of thioether (sulfide) groups is 1. The average molecular weight is 450 g/mol. The molecule has 1 aliphatic heterocycles. The first-order valence-electron chi connectivity index (χ1n) is 8.68. The molecule has 0 atom stereocenters. The van der Waals surface area contributed by atoms with Gasteiger partial charge in [-0.2, -0.15) is 0 Å².